The fourth-order valence-corrected chi connectivity index (χ4v) is 5.52. The third-order valence-electron chi connectivity index (χ3n) is 7.18. The topological polar surface area (TPSA) is 33.6 Å². The van der Waals surface area contributed by atoms with E-state index in [2.05, 4.69) is 71.0 Å². The Bertz CT molecular complexity index is 1480. The second-order valence-electron chi connectivity index (χ2n) is 9.48. The average molecular weight is 509 g/mol. The van der Waals surface area contributed by atoms with Crippen molar-refractivity contribution in [1.29, 1.82) is 0 Å². The summed E-state index contributed by atoms with van der Waals surface area (Å²) < 4.78 is 19.5. The van der Waals surface area contributed by atoms with Gasteiger partial charge in [-0.3, -0.25) is 4.99 Å². The van der Waals surface area contributed by atoms with Gasteiger partial charge in [0.1, 0.15) is 18.2 Å². The summed E-state index contributed by atoms with van der Waals surface area (Å²) in [7, 11) is 0. The van der Waals surface area contributed by atoms with E-state index in [4.69, 9.17) is 16.3 Å². The standard InChI is InChI=1S/C32H26ClFN2O/c33-28-18-21(12-17-31(28)37-20-23-6-1-3-10-29(23)34)19-35-24-15-13-22(14-16-24)32-27-9-5-8-25(27)26-7-2-4-11-30(26)36-32/h1-8,10-19,25,27,32,36H,9,20H2/t25-,27+,32-/m0/s1. The first-order valence-corrected chi connectivity index (χ1v) is 12.9. The van der Waals surface area contributed by atoms with Crippen LogP contribution in [0, 0.1) is 11.7 Å². The van der Waals surface area contributed by atoms with Gasteiger partial charge >= 0.3 is 0 Å². The van der Waals surface area contributed by atoms with Crippen molar-refractivity contribution < 1.29 is 9.13 Å². The van der Waals surface area contributed by atoms with Crippen LogP contribution in [-0.2, 0) is 6.61 Å². The number of nitrogens with zero attached hydrogens (tertiary/aromatic N) is 1. The van der Waals surface area contributed by atoms with E-state index in [1.165, 1.54) is 22.9 Å². The molecule has 4 aromatic carbocycles. The fourth-order valence-electron chi connectivity index (χ4n) is 5.28. The third-order valence-corrected chi connectivity index (χ3v) is 7.48. The molecular formula is C32H26ClFN2O. The summed E-state index contributed by atoms with van der Waals surface area (Å²) in [6.45, 7) is 0.116. The molecule has 0 saturated carbocycles. The summed E-state index contributed by atoms with van der Waals surface area (Å²) in [5, 5.41) is 4.23. The van der Waals surface area contributed by atoms with Gasteiger partial charge in [-0.1, -0.05) is 72.3 Å². The molecule has 0 radical (unpaired) electrons. The predicted octanol–water partition coefficient (Wildman–Crippen LogP) is 8.64. The van der Waals surface area contributed by atoms with Crippen molar-refractivity contribution in [2.75, 3.05) is 5.32 Å². The number of rotatable bonds is 6. The molecule has 0 aromatic heterocycles. The quantitative estimate of drug-likeness (QED) is 0.209. The number of nitrogens with one attached hydrogen (secondary N) is 1. The molecule has 184 valence electrons. The normalized spacial score (nSPS) is 19.9. The second-order valence-corrected chi connectivity index (χ2v) is 9.89. The maximum atomic E-state index is 13.8. The zero-order chi connectivity index (χ0) is 25.2. The van der Waals surface area contributed by atoms with Gasteiger partial charge in [-0.25, -0.2) is 4.39 Å². The molecule has 0 spiro atoms. The van der Waals surface area contributed by atoms with E-state index < -0.39 is 0 Å². The van der Waals surface area contributed by atoms with Crippen LogP contribution in [0.15, 0.2) is 108 Å². The van der Waals surface area contributed by atoms with Crippen LogP contribution < -0.4 is 10.1 Å². The van der Waals surface area contributed by atoms with Crippen LogP contribution in [0.2, 0.25) is 5.02 Å². The number of para-hydroxylation sites is 1. The van der Waals surface area contributed by atoms with Crippen LogP contribution in [0.3, 0.4) is 0 Å². The zero-order valence-corrected chi connectivity index (χ0v) is 20.9. The first-order valence-electron chi connectivity index (χ1n) is 12.5. The van der Waals surface area contributed by atoms with Crippen LogP contribution in [0.5, 0.6) is 5.75 Å². The van der Waals surface area contributed by atoms with E-state index in [9.17, 15) is 4.39 Å². The molecular weight excluding hydrogens is 483 g/mol. The molecule has 5 heteroatoms. The lowest BCUT2D eigenvalue weighted by Gasteiger charge is -2.37. The van der Waals surface area contributed by atoms with Crippen molar-refractivity contribution in [1.82, 2.24) is 0 Å². The lowest BCUT2D eigenvalue weighted by atomic mass is 9.77. The monoisotopic (exact) mass is 508 g/mol. The van der Waals surface area contributed by atoms with Gasteiger partial charge in [0.15, 0.2) is 0 Å². The van der Waals surface area contributed by atoms with Crippen molar-refractivity contribution in [2.45, 2.75) is 25.0 Å². The number of hydrogen-bond donors (Lipinski definition) is 1. The minimum atomic E-state index is -0.294. The van der Waals surface area contributed by atoms with Crippen LogP contribution >= 0.6 is 11.6 Å². The Hall–Kier alpha value is -3.89. The fraction of sp³-hybridized carbons (Fsp3) is 0.156. The van der Waals surface area contributed by atoms with E-state index in [1.54, 1.807) is 36.5 Å². The van der Waals surface area contributed by atoms with Gasteiger partial charge in [0.2, 0.25) is 0 Å². The Morgan fingerprint density at radius 2 is 1.78 bits per heavy atom. The number of halogens is 2. The van der Waals surface area contributed by atoms with Crippen LogP contribution in [-0.4, -0.2) is 6.21 Å². The average Bonchev–Trinajstić information content (AvgIpc) is 3.43. The number of fused-ring (bicyclic) bond motifs is 3. The minimum Gasteiger partial charge on any atom is -0.487 e. The number of allylic oxidation sites excluding steroid dienone is 2. The molecule has 1 aliphatic carbocycles. The van der Waals surface area contributed by atoms with Crippen molar-refractivity contribution in [2.24, 2.45) is 10.9 Å². The van der Waals surface area contributed by atoms with Crippen molar-refractivity contribution >= 4 is 29.2 Å². The summed E-state index contributed by atoms with van der Waals surface area (Å²) in [6, 6.07) is 29.3. The van der Waals surface area contributed by atoms with E-state index >= 15 is 0 Å². The van der Waals surface area contributed by atoms with Gasteiger partial charge in [0, 0.05) is 23.4 Å². The van der Waals surface area contributed by atoms with Gasteiger partial charge in [-0.15, -0.1) is 0 Å². The molecule has 1 aliphatic heterocycles. The first kappa shape index (κ1) is 23.5. The zero-order valence-electron chi connectivity index (χ0n) is 20.1. The summed E-state index contributed by atoms with van der Waals surface area (Å²) >= 11 is 6.41. The summed E-state index contributed by atoms with van der Waals surface area (Å²) in [4.78, 5) is 4.63. The van der Waals surface area contributed by atoms with Gasteiger partial charge in [-0.05, 0) is 71.5 Å². The Kier molecular flexibility index (Phi) is 6.50. The molecule has 0 amide bonds. The van der Waals surface area contributed by atoms with E-state index in [0.717, 1.165) is 17.7 Å². The largest absolute Gasteiger partial charge is 0.487 e. The smallest absolute Gasteiger partial charge is 0.138 e. The molecule has 3 atom stereocenters. The van der Waals surface area contributed by atoms with Crippen LogP contribution in [0.25, 0.3) is 0 Å². The molecule has 6 rings (SSSR count). The Morgan fingerprint density at radius 1 is 0.973 bits per heavy atom. The van der Waals surface area contributed by atoms with Gasteiger partial charge < -0.3 is 10.1 Å². The number of ether oxygens (including phenoxy) is 1. The van der Waals surface area contributed by atoms with Crippen LogP contribution in [0.4, 0.5) is 15.8 Å². The van der Waals surface area contributed by atoms with Crippen molar-refractivity contribution in [3.05, 3.63) is 136 Å². The number of benzene rings is 4. The Labute approximate surface area is 221 Å². The van der Waals surface area contributed by atoms with Gasteiger partial charge in [0.25, 0.3) is 0 Å². The maximum Gasteiger partial charge on any atom is 0.138 e. The molecule has 0 bridgehead atoms. The highest BCUT2D eigenvalue weighted by Crippen LogP contribution is 2.49. The summed E-state index contributed by atoms with van der Waals surface area (Å²) in [5.74, 6) is 1.19. The number of hydrogen-bond acceptors (Lipinski definition) is 3. The Morgan fingerprint density at radius 3 is 2.62 bits per heavy atom. The lowest BCUT2D eigenvalue weighted by molar-refractivity contribution is 0.300. The summed E-state index contributed by atoms with van der Waals surface area (Å²) in [5.41, 5.74) is 6.10. The second kappa shape index (κ2) is 10.2. The first-order chi connectivity index (χ1) is 18.2. The third kappa shape index (κ3) is 4.90. The molecule has 2 aliphatic rings. The molecule has 37 heavy (non-hydrogen) atoms. The molecule has 0 fully saturated rings. The van der Waals surface area contributed by atoms with Gasteiger partial charge in [0.05, 0.1) is 16.8 Å². The van der Waals surface area contributed by atoms with E-state index in [0.29, 0.717) is 28.2 Å². The Balaban J connectivity index is 1.13. The minimum absolute atomic E-state index is 0.116. The molecule has 0 unspecified atom stereocenters. The highest BCUT2D eigenvalue weighted by atomic mass is 35.5. The molecule has 3 nitrogen and oxygen atoms in total. The number of anilines is 1. The molecule has 1 heterocycles. The van der Waals surface area contributed by atoms with Crippen molar-refractivity contribution in [3.63, 3.8) is 0 Å². The lowest BCUT2D eigenvalue weighted by Crippen LogP contribution is -2.28. The highest BCUT2D eigenvalue weighted by Gasteiger charge is 2.37. The molecule has 1 N–H and O–H groups in total. The van der Waals surface area contributed by atoms with E-state index in [1.807, 2.05) is 6.07 Å². The highest BCUT2D eigenvalue weighted by molar-refractivity contribution is 6.32. The molecule has 0 saturated heterocycles. The van der Waals surface area contributed by atoms with E-state index in [-0.39, 0.29) is 18.5 Å². The molecule has 4 aromatic rings. The van der Waals surface area contributed by atoms with Crippen molar-refractivity contribution in [3.8, 4) is 5.75 Å². The van der Waals surface area contributed by atoms with Crippen LogP contribution in [0.1, 0.15) is 40.6 Å². The number of aliphatic imine (C=N–C) groups is 1. The summed E-state index contributed by atoms with van der Waals surface area (Å²) in [6.07, 6.45) is 7.54. The maximum absolute atomic E-state index is 13.8. The van der Waals surface area contributed by atoms with Gasteiger partial charge in [-0.2, -0.15) is 0 Å². The predicted molar refractivity (Wildman–Crippen MR) is 149 cm³/mol. The SMILES string of the molecule is Fc1ccccc1COc1ccc(C=Nc2ccc([C@@H]3Nc4ccccc4[C@@H]4C=CC[C@H]43)cc2)cc1Cl.